The second-order valence-electron chi connectivity index (χ2n) is 8.49. The summed E-state index contributed by atoms with van der Waals surface area (Å²) in [4.78, 5) is 0. The van der Waals surface area contributed by atoms with E-state index in [9.17, 15) is 0 Å². The lowest BCUT2D eigenvalue weighted by atomic mass is 9.59. The predicted molar refractivity (Wildman–Crippen MR) is 108 cm³/mol. The first-order valence-corrected chi connectivity index (χ1v) is 12.0. The summed E-state index contributed by atoms with van der Waals surface area (Å²) in [6.45, 7) is 3.35. The SMILES string of the molecule is CC1(CN)CC2CCC(CI)C3CC(CI)C3CCC2C1. The van der Waals surface area contributed by atoms with Crippen molar-refractivity contribution in [3.05, 3.63) is 0 Å². The van der Waals surface area contributed by atoms with Crippen molar-refractivity contribution in [2.75, 3.05) is 15.4 Å². The molecule has 0 aromatic rings. The van der Waals surface area contributed by atoms with Crippen LogP contribution in [0.2, 0.25) is 0 Å². The summed E-state index contributed by atoms with van der Waals surface area (Å²) < 4.78 is 2.78. The fourth-order valence-corrected chi connectivity index (χ4v) is 7.89. The van der Waals surface area contributed by atoms with Crippen LogP contribution >= 0.6 is 45.2 Å². The maximum atomic E-state index is 6.09. The van der Waals surface area contributed by atoms with Crippen LogP contribution in [0.25, 0.3) is 0 Å². The molecule has 0 aliphatic heterocycles. The average molecular weight is 515 g/mol. The summed E-state index contributed by atoms with van der Waals surface area (Å²) in [5.74, 6) is 6.16. The van der Waals surface area contributed by atoms with Crippen molar-refractivity contribution >= 4 is 45.2 Å². The minimum Gasteiger partial charge on any atom is -0.330 e. The smallest absolute Gasteiger partial charge is 0.00265 e. The topological polar surface area (TPSA) is 26.0 Å². The fourth-order valence-electron chi connectivity index (χ4n) is 5.79. The van der Waals surface area contributed by atoms with E-state index in [-0.39, 0.29) is 0 Å². The number of nitrogens with two attached hydrogens (primary N) is 1. The molecule has 3 saturated carbocycles. The summed E-state index contributed by atoms with van der Waals surface area (Å²) in [6, 6.07) is 0. The van der Waals surface area contributed by atoms with E-state index in [0.29, 0.717) is 5.41 Å². The molecule has 3 heteroatoms. The van der Waals surface area contributed by atoms with Gasteiger partial charge >= 0.3 is 0 Å². The Kier molecular flexibility index (Phi) is 5.85. The third-order valence-corrected chi connectivity index (χ3v) is 9.44. The standard InChI is InChI=1S/C18H31I2N/c1-18(11-21)7-12-2-3-14(9-19)17-6-15(10-20)16(17)5-4-13(12)8-18/h12-17H,2-11,21H2,1H3. The van der Waals surface area contributed by atoms with Crippen LogP contribution in [0.1, 0.15) is 51.9 Å². The number of hydrogen-bond acceptors (Lipinski definition) is 1. The first-order valence-electron chi connectivity index (χ1n) is 8.92. The zero-order valence-electron chi connectivity index (χ0n) is 13.4. The third-order valence-electron chi connectivity index (χ3n) is 7.18. The van der Waals surface area contributed by atoms with Crippen LogP contribution in [0.3, 0.4) is 0 Å². The van der Waals surface area contributed by atoms with E-state index in [1.807, 2.05) is 0 Å². The Balaban J connectivity index is 1.71. The van der Waals surface area contributed by atoms with E-state index in [0.717, 1.165) is 42.1 Å². The number of rotatable bonds is 3. The quantitative estimate of drug-likeness (QED) is 0.402. The van der Waals surface area contributed by atoms with Crippen molar-refractivity contribution in [1.82, 2.24) is 0 Å². The van der Waals surface area contributed by atoms with Crippen LogP contribution in [0.5, 0.6) is 0 Å². The van der Waals surface area contributed by atoms with Gasteiger partial charge in [0.1, 0.15) is 0 Å². The van der Waals surface area contributed by atoms with E-state index < -0.39 is 0 Å². The molecular weight excluding hydrogens is 484 g/mol. The molecule has 0 amide bonds. The normalized spacial score (nSPS) is 50.3. The van der Waals surface area contributed by atoms with Gasteiger partial charge in [-0.2, -0.15) is 0 Å². The van der Waals surface area contributed by atoms with Crippen LogP contribution in [0.4, 0.5) is 0 Å². The number of halogens is 2. The highest BCUT2D eigenvalue weighted by atomic mass is 127. The number of hydrogen-bond donors (Lipinski definition) is 1. The van der Waals surface area contributed by atoms with Gasteiger partial charge in [0.2, 0.25) is 0 Å². The average Bonchev–Trinajstić information content (AvgIpc) is 2.80. The van der Waals surface area contributed by atoms with Crippen molar-refractivity contribution in [3.8, 4) is 0 Å². The van der Waals surface area contributed by atoms with Crippen LogP contribution < -0.4 is 5.73 Å². The predicted octanol–water partition coefficient (Wildman–Crippen LogP) is 5.29. The monoisotopic (exact) mass is 515 g/mol. The lowest BCUT2D eigenvalue weighted by Gasteiger charge is -2.48. The summed E-state index contributed by atoms with van der Waals surface area (Å²) >= 11 is 5.29. The molecule has 7 atom stereocenters. The maximum absolute atomic E-state index is 6.09. The van der Waals surface area contributed by atoms with Crippen LogP contribution in [0.15, 0.2) is 0 Å². The molecule has 0 aromatic heterocycles. The fraction of sp³-hybridized carbons (Fsp3) is 1.00. The molecule has 0 bridgehead atoms. The Morgan fingerprint density at radius 2 is 1.52 bits per heavy atom. The Bertz CT molecular complexity index is 361. The van der Waals surface area contributed by atoms with Crippen molar-refractivity contribution < 1.29 is 0 Å². The van der Waals surface area contributed by atoms with E-state index in [4.69, 9.17) is 5.73 Å². The molecule has 0 aromatic carbocycles. The summed E-state index contributed by atoms with van der Waals surface area (Å²) in [7, 11) is 0. The summed E-state index contributed by atoms with van der Waals surface area (Å²) in [5, 5.41) is 0. The highest BCUT2D eigenvalue weighted by Crippen LogP contribution is 2.55. The third kappa shape index (κ3) is 3.45. The largest absolute Gasteiger partial charge is 0.330 e. The van der Waals surface area contributed by atoms with E-state index in [2.05, 4.69) is 52.1 Å². The zero-order chi connectivity index (χ0) is 15.0. The van der Waals surface area contributed by atoms with E-state index in [1.165, 1.54) is 53.8 Å². The van der Waals surface area contributed by atoms with Crippen LogP contribution in [-0.2, 0) is 0 Å². The second kappa shape index (κ2) is 7.12. The highest BCUT2D eigenvalue weighted by Gasteiger charge is 2.47. The Hall–Kier alpha value is 1.42. The van der Waals surface area contributed by atoms with Gasteiger partial charge in [-0.15, -0.1) is 0 Å². The lowest BCUT2D eigenvalue weighted by Crippen LogP contribution is -2.42. The Labute approximate surface area is 158 Å². The van der Waals surface area contributed by atoms with Crippen molar-refractivity contribution in [3.63, 3.8) is 0 Å². The van der Waals surface area contributed by atoms with Gasteiger partial charge in [-0.25, -0.2) is 0 Å². The summed E-state index contributed by atoms with van der Waals surface area (Å²) in [5.41, 5.74) is 6.54. The summed E-state index contributed by atoms with van der Waals surface area (Å²) in [6.07, 6.45) is 10.4. The van der Waals surface area contributed by atoms with Gasteiger partial charge in [-0.05, 0) is 92.4 Å². The van der Waals surface area contributed by atoms with Gasteiger partial charge in [-0.3, -0.25) is 0 Å². The van der Waals surface area contributed by atoms with Crippen LogP contribution in [-0.4, -0.2) is 15.4 Å². The Morgan fingerprint density at radius 1 is 0.905 bits per heavy atom. The molecule has 0 spiro atoms. The van der Waals surface area contributed by atoms with Crippen molar-refractivity contribution in [1.29, 1.82) is 0 Å². The van der Waals surface area contributed by atoms with Crippen LogP contribution in [0, 0.1) is 40.9 Å². The molecule has 0 radical (unpaired) electrons. The van der Waals surface area contributed by atoms with E-state index in [1.54, 1.807) is 0 Å². The first-order chi connectivity index (χ1) is 10.1. The van der Waals surface area contributed by atoms with Gasteiger partial charge in [0.15, 0.2) is 0 Å². The highest BCUT2D eigenvalue weighted by molar-refractivity contribution is 14.1. The zero-order valence-corrected chi connectivity index (χ0v) is 17.7. The number of fused-ring (bicyclic) bond motifs is 2. The second-order valence-corrected chi connectivity index (χ2v) is 10.3. The first kappa shape index (κ1) is 17.2. The molecule has 122 valence electrons. The molecule has 0 saturated heterocycles. The van der Waals surface area contributed by atoms with Gasteiger partial charge in [0, 0.05) is 8.86 Å². The molecule has 2 N–H and O–H groups in total. The maximum Gasteiger partial charge on any atom is 0.00265 e. The Morgan fingerprint density at radius 3 is 2.10 bits per heavy atom. The molecule has 1 nitrogen and oxygen atoms in total. The molecule has 21 heavy (non-hydrogen) atoms. The van der Waals surface area contributed by atoms with Crippen molar-refractivity contribution in [2.45, 2.75) is 51.9 Å². The minimum atomic E-state index is 0.454. The molecule has 3 fully saturated rings. The van der Waals surface area contributed by atoms with Gasteiger partial charge in [0.05, 0.1) is 0 Å². The molecule has 3 aliphatic rings. The van der Waals surface area contributed by atoms with Gasteiger partial charge in [0.25, 0.3) is 0 Å². The molecular formula is C18H31I2N. The minimum absolute atomic E-state index is 0.454. The lowest BCUT2D eigenvalue weighted by molar-refractivity contribution is 0.0368. The number of alkyl halides is 2. The molecule has 3 aliphatic carbocycles. The molecule has 7 unspecified atom stereocenters. The van der Waals surface area contributed by atoms with Gasteiger partial charge in [-0.1, -0.05) is 52.1 Å². The molecule has 3 rings (SSSR count). The van der Waals surface area contributed by atoms with Crippen molar-refractivity contribution in [2.24, 2.45) is 46.7 Å². The molecule has 0 heterocycles. The van der Waals surface area contributed by atoms with E-state index >= 15 is 0 Å². The van der Waals surface area contributed by atoms with Gasteiger partial charge < -0.3 is 5.73 Å².